The molecule has 0 saturated carbocycles. The Bertz CT molecular complexity index is 647. The summed E-state index contributed by atoms with van der Waals surface area (Å²) in [6.07, 6.45) is 6.45. The molecule has 2 aromatic heterocycles. The number of aromatic amines is 1. The van der Waals surface area contributed by atoms with Crippen molar-refractivity contribution in [3.63, 3.8) is 0 Å². The number of hydrogen-bond acceptors (Lipinski definition) is 4. The molecule has 110 valence electrons. The van der Waals surface area contributed by atoms with E-state index in [1.165, 1.54) is 6.20 Å². The molecule has 3 N–H and O–H groups in total. The number of nitrogens with two attached hydrogens (primary N) is 1. The number of carbonyl (C=O) groups is 2. The fraction of sp³-hybridized carbons (Fsp3) is 0.385. The van der Waals surface area contributed by atoms with Gasteiger partial charge in [-0.1, -0.05) is 0 Å². The third kappa shape index (κ3) is 2.51. The molecule has 1 atom stereocenters. The Hall–Kier alpha value is -2.64. The molecule has 0 unspecified atom stereocenters. The summed E-state index contributed by atoms with van der Waals surface area (Å²) >= 11 is 0. The second kappa shape index (κ2) is 5.39. The van der Waals surface area contributed by atoms with Crippen molar-refractivity contribution >= 4 is 11.8 Å². The zero-order chi connectivity index (χ0) is 14.8. The standard InChI is InChI=1S/C13H16N6O2/c14-13(21)9-7-15-17-12(9)10-3-1-6-19(10)11(20)8-18-5-2-4-16-18/h2,4-5,7,10H,1,3,6,8H2,(H2,14,21)(H,15,17)/t10-/m1/s1. The smallest absolute Gasteiger partial charge is 0.252 e. The molecule has 0 radical (unpaired) electrons. The van der Waals surface area contributed by atoms with E-state index >= 15 is 0 Å². The van der Waals surface area contributed by atoms with Gasteiger partial charge in [0.1, 0.15) is 6.54 Å². The molecule has 1 aliphatic heterocycles. The average molecular weight is 288 g/mol. The van der Waals surface area contributed by atoms with Gasteiger partial charge in [-0.05, 0) is 18.9 Å². The highest BCUT2D eigenvalue weighted by Gasteiger charge is 2.33. The minimum atomic E-state index is -0.537. The maximum Gasteiger partial charge on any atom is 0.252 e. The van der Waals surface area contributed by atoms with E-state index in [1.54, 1.807) is 28.0 Å². The number of aromatic nitrogens is 4. The maximum atomic E-state index is 12.4. The summed E-state index contributed by atoms with van der Waals surface area (Å²) < 4.78 is 1.58. The van der Waals surface area contributed by atoms with Crippen molar-refractivity contribution < 1.29 is 9.59 Å². The van der Waals surface area contributed by atoms with Crippen molar-refractivity contribution in [3.05, 3.63) is 35.9 Å². The molecule has 3 rings (SSSR count). The summed E-state index contributed by atoms with van der Waals surface area (Å²) in [7, 11) is 0. The number of nitrogens with zero attached hydrogens (tertiary/aromatic N) is 4. The van der Waals surface area contributed by atoms with Crippen LogP contribution in [0, 0.1) is 0 Å². The number of hydrogen-bond donors (Lipinski definition) is 2. The van der Waals surface area contributed by atoms with E-state index in [2.05, 4.69) is 15.3 Å². The van der Waals surface area contributed by atoms with Crippen LogP contribution in [0.15, 0.2) is 24.7 Å². The largest absolute Gasteiger partial charge is 0.365 e. The topological polar surface area (TPSA) is 110 Å². The summed E-state index contributed by atoms with van der Waals surface area (Å²) in [5.41, 5.74) is 6.31. The molecule has 3 heterocycles. The Balaban J connectivity index is 1.80. The van der Waals surface area contributed by atoms with Crippen molar-refractivity contribution in [1.82, 2.24) is 24.9 Å². The van der Waals surface area contributed by atoms with Gasteiger partial charge in [-0.2, -0.15) is 10.2 Å². The lowest BCUT2D eigenvalue weighted by molar-refractivity contribution is -0.133. The van der Waals surface area contributed by atoms with Crippen molar-refractivity contribution in [3.8, 4) is 0 Å². The predicted octanol–water partition coefficient (Wildman–Crippen LogP) is 0.0688. The monoisotopic (exact) mass is 288 g/mol. The summed E-state index contributed by atoms with van der Waals surface area (Å²) in [4.78, 5) is 25.6. The molecule has 8 heteroatoms. The summed E-state index contributed by atoms with van der Waals surface area (Å²) in [5.74, 6) is -0.573. The Morgan fingerprint density at radius 3 is 3.05 bits per heavy atom. The first-order valence-corrected chi connectivity index (χ1v) is 6.77. The minimum Gasteiger partial charge on any atom is -0.365 e. The fourth-order valence-electron chi connectivity index (χ4n) is 2.74. The average Bonchev–Trinajstić information content (AvgIpc) is 3.19. The quantitative estimate of drug-likeness (QED) is 0.829. The van der Waals surface area contributed by atoms with Gasteiger partial charge in [0.25, 0.3) is 5.91 Å². The zero-order valence-electron chi connectivity index (χ0n) is 11.4. The normalized spacial score (nSPS) is 18.1. The van der Waals surface area contributed by atoms with Crippen molar-refractivity contribution in [2.75, 3.05) is 6.54 Å². The fourth-order valence-corrected chi connectivity index (χ4v) is 2.74. The van der Waals surface area contributed by atoms with Gasteiger partial charge in [0.05, 0.1) is 23.5 Å². The molecule has 1 fully saturated rings. The van der Waals surface area contributed by atoms with E-state index in [0.29, 0.717) is 17.8 Å². The van der Waals surface area contributed by atoms with Crippen LogP contribution < -0.4 is 5.73 Å². The summed E-state index contributed by atoms with van der Waals surface area (Å²) in [6, 6.07) is 1.59. The molecular weight excluding hydrogens is 272 g/mol. The molecule has 0 bridgehead atoms. The van der Waals surface area contributed by atoms with E-state index < -0.39 is 5.91 Å². The lowest BCUT2D eigenvalue weighted by atomic mass is 10.1. The third-order valence-electron chi connectivity index (χ3n) is 3.70. The number of nitrogens with one attached hydrogen (secondary N) is 1. The Morgan fingerprint density at radius 1 is 1.48 bits per heavy atom. The van der Waals surface area contributed by atoms with E-state index in [4.69, 9.17) is 5.73 Å². The van der Waals surface area contributed by atoms with E-state index in [9.17, 15) is 9.59 Å². The van der Waals surface area contributed by atoms with Crippen molar-refractivity contribution in [2.24, 2.45) is 5.73 Å². The highest BCUT2D eigenvalue weighted by atomic mass is 16.2. The minimum absolute atomic E-state index is 0.0359. The Labute approximate surface area is 120 Å². The molecule has 1 saturated heterocycles. The SMILES string of the molecule is NC(=O)c1cn[nH]c1[C@H]1CCCN1C(=O)Cn1cccn1. The number of amides is 2. The first-order valence-electron chi connectivity index (χ1n) is 6.77. The second-order valence-corrected chi connectivity index (χ2v) is 5.01. The van der Waals surface area contributed by atoms with Crippen LogP contribution in [0.5, 0.6) is 0 Å². The van der Waals surface area contributed by atoms with Crippen LogP contribution in [0.1, 0.15) is 34.9 Å². The van der Waals surface area contributed by atoms with Gasteiger partial charge in [-0.25, -0.2) is 0 Å². The number of rotatable bonds is 4. The van der Waals surface area contributed by atoms with Crippen LogP contribution in [0.4, 0.5) is 0 Å². The third-order valence-corrected chi connectivity index (χ3v) is 3.70. The highest BCUT2D eigenvalue weighted by Crippen LogP contribution is 2.32. The van der Waals surface area contributed by atoms with Gasteiger partial charge < -0.3 is 10.6 Å². The molecule has 21 heavy (non-hydrogen) atoms. The lowest BCUT2D eigenvalue weighted by Gasteiger charge is -2.24. The molecule has 2 amide bonds. The van der Waals surface area contributed by atoms with Crippen LogP contribution in [-0.2, 0) is 11.3 Å². The molecule has 0 spiro atoms. The molecule has 8 nitrogen and oxygen atoms in total. The zero-order valence-corrected chi connectivity index (χ0v) is 11.4. The molecule has 0 aliphatic carbocycles. The summed E-state index contributed by atoms with van der Waals surface area (Å²) in [6.45, 7) is 0.839. The number of primary amides is 1. The summed E-state index contributed by atoms with van der Waals surface area (Å²) in [5, 5.41) is 10.7. The molecule has 0 aromatic carbocycles. The molecule has 1 aliphatic rings. The van der Waals surface area contributed by atoms with Crippen LogP contribution in [0.3, 0.4) is 0 Å². The van der Waals surface area contributed by atoms with Crippen LogP contribution in [-0.4, -0.2) is 43.2 Å². The van der Waals surface area contributed by atoms with Gasteiger partial charge in [-0.15, -0.1) is 0 Å². The van der Waals surface area contributed by atoms with Gasteiger partial charge in [-0.3, -0.25) is 19.4 Å². The van der Waals surface area contributed by atoms with Crippen LogP contribution in [0.2, 0.25) is 0 Å². The predicted molar refractivity (Wildman–Crippen MR) is 73.0 cm³/mol. The first-order chi connectivity index (χ1) is 10.2. The first kappa shape index (κ1) is 13.3. The van der Waals surface area contributed by atoms with Gasteiger partial charge in [0.15, 0.2) is 0 Å². The Morgan fingerprint density at radius 2 is 2.33 bits per heavy atom. The number of likely N-dealkylation sites (tertiary alicyclic amines) is 1. The van der Waals surface area contributed by atoms with Crippen LogP contribution in [0.25, 0.3) is 0 Å². The number of carbonyl (C=O) groups excluding carboxylic acids is 2. The van der Waals surface area contributed by atoms with Crippen molar-refractivity contribution in [1.29, 1.82) is 0 Å². The maximum absolute atomic E-state index is 12.4. The number of H-pyrrole nitrogens is 1. The van der Waals surface area contributed by atoms with E-state index in [-0.39, 0.29) is 18.5 Å². The lowest BCUT2D eigenvalue weighted by Crippen LogP contribution is -2.34. The molecule has 2 aromatic rings. The van der Waals surface area contributed by atoms with Gasteiger partial charge in [0.2, 0.25) is 5.91 Å². The van der Waals surface area contributed by atoms with Gasteiger partial charge in [0, 0.05) is 18.9 Å². The molecular formula is C13H16N6O2. The van der Waals surface area contributed by atoms with Crippen LogP contribution >= 0.6 is 0 Å². The van der Waals surface area contributed by atoms with E-state index in [0.717, 1.165) is 12.8 Å². The van der Waals surface area contributed by atoms with E-state index in [1.807, 2.05) is 0 Å². The second-order valence-electron chi connectivity index (χ2n) is 5.01. The van der Waals surface area contributed by atoms with Gasteiger partial charge >= 0.3 is 0 Å². The Kier molecular flexibility index (Phi) is 3.43. The van der Waals surface area contributed by atoms with Crippen molar-refractivity contribution in [2.45, 2.75) is 25.4 Å². The highest BCUT2D eigenvalue weighted by molar-refractivity contribution is 5.94.